The summed E-state index contributed by atoms with van der Waals surface area (Å²) in [5.41, 5.74) is 6.80. The smallest absolute Gasteiger partial charge is 0.120 e. The summed E-state index contributed by atoms with van der Waals surface area (Å²) >= 11 is 3.49. The maximum Gasteiger partial charge on any atom is 0.120 e. The Balaban J connectivity index is 2.01. The van der Waals surface area contributed by atoms with Crippen molar-refractivity contribution < 1.29 is 4.74 Å². The molecule has 3 heteroatoms. The highest BCUT2D eigenvalue weighted by Crippen LogP contribution is 2.26. The van der Waals surface area contributed by atoms with E-state index in [9.17, 15) is 0 Å². The Hall–Kier alpha value is -0.540. The van der Waals surface area contributed by atoms with Crippen LogP contribution in [0.15, 0.2) is 22.7 Å². The highest BCUT2D eigenvalue weighted by Gasteiger charge is 2.14. The van der Waals surface area contributed by atoms with Crippen LogP contribution in [-0.2, 0) is 6.54 Å². The van der Waals surface area contributed by atoms with Crippen LogP contribution in [0, 0.1) is 0 Å². The zero-order valence-corrected chi connectivity index (χ0v) is 11.7. The third-order valence-corrected chi connectivity index (χ3v) is 4.12. The van der Waals surface area contributed by atoms with Crippen molar-refractivity contribution in [3.63, 3.8) is 0 Å². The number of hydrogen-bond donors (Lipinski definition) is 1. The predicted octanol–water partition coefficient (Wildman–Crippen LogP) is 4.01. The van der Waals surface area contributed by atoms with E-state index in [1.165, 1.54) is 38.5 Å². The number of ether oxygens (including phenoxy) is 1. The molecule has 0 radical (unpaired) electrons. The van der Waals surface area contributed by atoms with Gasteiger partial charge in [-0.2, -0.15) is 0 Å². The second kappa shape index (κ2) is 6.41. The van der Waals surface area contributed by atoms with E-state index in [1.54, 1.807) is 0 Å². The predicted molar refractivity (Wildman–Crippen MR) is 74.2 cm³/mol. The van der Waals surface area contributed by atoms with Gasteiger partial charge in [0.1, 0.15) is 5.75 Å². The monoisotopic (exact) mass is 297 g/mol. The molecule has 2 nitrogen and oxygen atoms in total. The molecule has 1 aromatic carbocycles. The largest absolute Gasteiger partial charge is 0.490 e. The van der Waals surface area contributed by atoms with E-state index in [1.807, 2.05) is 12.1 Å². The average Bonchev–Trinajstić information content (AvgIpc) is 2.60. The molecule has 0 heterocycles. The zero-order chi connectivity index (χ0) is 12.1. The molecule has 0 atom stereocenters. The first-order valence-electron chi connectivity index (χ1n) is 6.45. The summed E-state index contributed by atoms with van der Waals surface area (Å²) in [4.78, 5) is 0. The fourth-order valence-corrected chi connectivity index (χ4v) is 2.74. The van der Waals surface area contributed by atoms with Gasteiger partial charge in [-0.05, 0) is 49.4 Å². The van der Waals surface area contributed by atoms with Crippen molar-refractivity contribution in [3.8, 4) is 5.75 Å². The normalized spacial score (nSPS) is 17.8. The Morgan fingerprint density at radius 2 is 1.88 bits per heavy atom. The quantitative estimate of drug-likeness (QED) is 0.856. The van der Waals surface area contributed by atoms with Gasteiger partial charge in [-0.1, -0.05) is 28.8 Å². The second-order valence-corrected chi connectivity index (χ2v) is 5.54. The molecular formula is C14H20BrNO. The molecule has 1 fully saturated rings. The number of benzene rings is 1. The van der Waals surface area contributed by atoms with Gasteiger partial charge in [0.05, 0.1) is 6.10 Å². The fourth-order valence-electron chi connectivity index (χ4n) is 2.33. The first kappa shape index (κ1) is 12.9. The lowest BCUT2D eigenvalue weighted by molar-refractivity contribution is 0.183. The Morgan fingerprint density at radius 1 is 1.18 bits per heavy atom. The minimum Gasteiger partial charge on any atom is -0.490 e. The SMILES string of the molecule is NCc1cc(OC2CCCCCC2)ccc1Br. The van der Waals surface area contributed by atoms with Crippen molar-refractivity contribution in [2.24, 2.45) is 5.73 Å². The molecular weight excluding hydrogens is 278 g/mol. The molecule has 94 valence electrons. The van der Waals surface area contributed by atoms with Gasteiger partial charge in [0.25, 0.3) is 0 Å². The molecule has 2 rings (SSSR count). The van der Waals surface area contributed by atoms with Gasteiger partial charge in [0.2, 0.25) is 0 Å². The summed E-state index contributed by atoms with van der Waals surface area (Å²) in [5, 5.41) is 0. The van der Waals surface area contributed by atoms with Crippen molar-refractivity contribution >= 4 is 15.9 Å². The third-order valence-electron chi connectivity index (χ3n) is 3.34. The summed E-state index contributed by atoms with van der Waals surface area (Å²) in [6, 6.07) is 6.09. The van der Waals surface area contributed by atoms with Gasteiger partial charge in [0.15, 0.2) is 0 Å². The third kappa shape index (κ3) is 3.71. The van der Waals surface area contributed by atoms with Gasteiger partial charge in [-0.3, -0.25) is 0 Å². The molecule has 0 unspecified atom stereocenters. The fraction of sp³-hybridized carbons (Fsp3) is 0.571. The van der Waals surface area contributed by atoms with Gasteiger partial charge in [-0.25, -0.2) is 0 Å². The maximum atomic E-state index is 6.06. The van der Waals surface area contributed by atoms with Crippen LogP contribution in [0.4, 0.5) is 0 Å². The van der Waals surface area contributed by atoms with Crippen LogP contribution >= 0.6 is 15.9 Å². The second-order valence-electron chi connectivity index (χ2n) is 4.69. The van der Waals surface area contributed by atoms with E-state index < -0.39 is 0 Å². The van der Waals surface area contributed by atoms with Crippen LogP contribution in [0.25, 0.3) is 0 Å². The van der Waals surface area contributed by atoms with Gasteiger partial charge in [-0.15, -0.1) is 0 Å². The first-order valence-corrected chi connectivity index (χ1v) is 7.24. The van der Waals surface area contributed by atoms with Crippen molar-refractivity contribution in [1.82, 2.24) is 0 Å². The maximum absolute atomic E-state index is 6.06. The minimum atomic E-state index is 0.393. The lowest BCUT2D eigenvalue weighted by Crippen LogP contribution is -2.15. The number of hydrogen-bond acceptors (Lipinski definition) is 2. The van der Waals surface area contributed by atoms with E-state index in [4.69, 9.17) is 10.5 Å². The highest BCUT2D eigenvalue weighted by atomic mass is 79.9. The standard InChI is InChI=1S/C14H20BrNO/c15-14-8-7-13(9-11(14)10-16)17-12-5-3-1-2-4-6-12/h7-9,12H,1-6,10,16H2. The van der Waals surface area contributed by atoms with Crippen LogP contribution in [0.1, 0.15) is 44.1 Å². The van der Waals surface area contributed by atoms with Crippen LogP contribution < -0.4 is 10.5 Å². The molecule has 0 aromatic heterocycles. The molecule has 17 heavy (non-hydrogen) atoms. The molecule has 2 N–H and O–H groups in total. The molecule has 0 bridgehead atoms. The summed E-state index contributed by atoms with van der Waals surface area (Å²) < 4.78 is 7.12. The molecule has 1 aromatic rings. The molecule has 1 saturated carbocycles. The van der Waals surface area contributed by atoms with E-state index in [0.29, 0.717) is 12.6 Å². The van der Waals surface area contributed by atoms with E-state index >= 15 is 0 Å². The molecule has 0 amide bonds. The molecule has 0 aliphatic heterocycles. The summed E-state index contributed by atoms with van der Waals surface area (Å²) in [6.45, 7) is 0.544. The summed E-state index contributed by atoms with van der Waals surface area (Å²) in [5.74, 6) is 0.959. The topological polar surface area (TPSA) is 35.2 Å². The van der Waals surface area contributed by atoms with E-state index in [2.05, 4.69) is 22.0 Å². The Morgan fingerprint density at radius 3 is 2.53 bits per heavy atom. The number of halogens is 1. The van der Waals surface area contributed by atoms with Crippen LogP contribution in [0.2, 0.25) is 0 Å². The van der Waals surface area contributed by atoms with E-state index in [-0.39, 0.29) is 0 Å². The Kier molecular flexibility index (Phi) is 4.86. The molecule has 1 aliphatic carbocycles. The minimum absolute atomic E-state index is 0.393. The highest BCUT2D eigenvalue weighted by molar-refractivity contribution is 9.10. The Labute approximate surface area is 112 Å². The van der Waals surface area contributed by atoms with E-state index in [0.717, 1.165) is 15.8 Å². The lowest BCUT2D eigenvalue weighted by atomic mass is 10.1. The summed E-state index contributed by atoms with van der Waals surface area (Å²) in [6.07, 6.45) is 8.07. The van der Waals surface area contributed by atoms with Crippen molar-refractivity contribution in [2.75, 3.05) is 0 Å². The first-order chi connectivity index (χ1) is 8.29. The Bertz CT molecular complexity index is 359. The van der Waals surface area contributed by atoms with Crippen molar-refractivity contribution in [1.29, 1.82) is 0 Å². The summed E-state index contributed by atoms with van der Waals surface area (Å²) in [7, 11) is 0. The molecule has 1 aliphatic rings. The number of rotatable bonds is 3. The molecule has 0 spiro atoms. The lowest BCUT2D eigenvalue weighted by Gasteiger charge is -2.17. The van der Waals surface area contributed by atoms with Crippen molar-refractivity contribution in [2.45, 2.75) is 51.2 Å². The van der Waals surface area contributed by atoms with Crippen LogP contribution in [0.3, 0.4) is 0 Å². The molecule has 0 saturated heterocycles. The number of nitrogens with two attached hydrogens (primary N) is 1. The van der Waals surface area contributed by atoms with Gasteiger partial charge >= 0.3 is 0 Å². The van der Waals surface area contributed by atoms with Gasteiger partial charge < -0.3 is 10.5 Å². The van der Waals surface area contributed by atoms with Crippen molar-refractivity contribution in [3.05, 3.63) is 28.2 Å². The zero-order valence-electron chi connectivity index (χ0n) is 10.1. The van der Waals surface area contributed by atoms with Crippen LogP contribution in [0.5, 0.6) is 5.75 Å². The van der Waals surface area contributed by atoms with Gasteiger partial charge in [0, 0.05) is 11.0 Å². The average molecular weight is 298 g/mol. The van der Waals surface area contributed by atoms with Crippen LogP contribution in [-0.4, -0.2) is 6.10 Å².